The molecule has 1 fully saturated rings. The van der Waals surface area contributed by atoms with Gasteiger partial charge in [-0.2, -0.15) is 0 Å². The third kappa shape index (κ3) is 3.23. The summed E-state index contributed by atoms with van der Waals surface area (Å²) in [7, 11) is 0. The van der Waals surface area contributed by atoms with Gasteiger partial charge in [0.25, 0.3) is 0 Å². The minimum absolute atomic E-state index is 0.130. The average molecular weight is 208 g/mol. The van der Waals surface area contributed by atoms with Crippen molar-refractivity contribution in [3.63, 3.8) is 0 Å². The van der Waals surface area contributed by atoms with Crippen molar-refractivity contribution < 1.29 is 17.7 Å². The number of hydrogen-bond donors (Lipinski definition) is 0. The fraction of sp³-hybridized carbons (Fsp3) is 0.875. The monoisotopic (exact) mass is 208 g/mol. The molecule has 0 N–H and O–H groups in total. The maximum Gasteiger partial charge on any atom is 0.497 e. The summed E-state index contributed by atoms with van der Waals surface area (Å²) in [6, 6.07) is 0. The van der Waals surface area contributed by atoms with Crippen LogP contribution in [0.5, 0.6) is 0 Å². The molecule has 2 nitrogen and oxygen atoms in total. The van der Waals surface area contributed by atoms with Crippen molar-refractivity contribution in [1.82, 2.24) is 4.90 Å². The fourth-order valence-electron chi connectivity index (χ4n) is 1.88. The van der Waals surface area contributed by atoms with Gasteiger partial charge in [-0.15, -0.1) is 0 Å². The zero-order valence-electron chi connectivity index (χ0n) is 8.18. The van der Waals surface area contributed by atoms with Crippen LogP contribution in [-0.4, -0.2) is 30.8 Å². The summed E-state index contributed by atoms with van der Waals surface area (Å²) in [5.74, 6) is -0.215. The lowest BCUT2D eigenvalue weighted by Gasteiger charge is -2.23. The molecular weight excluding hydrogens is 194 g/mol. The van der Waals surface area contributed by atoms with Crippen molar-refractivity contribution in [2.75, 3.05) is 13.0 Å². The minimum atomic E-state index is -4.87. The van der Waals surface area contributed by atoms with E-state index >= 15 is 0 Å². The molecule has 1 rings (SSSR count). The van der Waals surface area contributed by atoms with E-state index in [2.05, 4.69) is 0 Å². The van der Waals surface area contributed by atoms with E-state index < -0.39 is 13.4 Å². The summed E-state index contributed by atoms with van der Waals surface area (Å²) in [5.41, 5.74) is 0. The normalized spacial score (nSPS) is 23.3. The molecule has 14 heavy (non-hydrogen) atoms. The van der Waals surface area contributed by atoms with Gasteiger partial charge in [-0.3, -0.25) is 4.79 Å². The number of nitrogens with zero attached hydrogens (tertiary/aromatic N) is 1. The van der Waals surface area contributed by atoms with Gasteiger partial charge in [-0.1, -0.05) is 13.3 Å². The highest BCUT2D eigenvalue weighted by atomic mass is 19.4. The van der Waals surface area contributed by atoms with Gasteiger partial charge in [0.2, 0.25) is 5.91 Å². The largest absolute Gasteiger partial charge is 0.497 e. The molecule has 0 radical (unpaired) electrons. The van der Waals surface area contributed by atoms with E-state index in [1.165, 1.54) is 0 Å². The van der Waals surface area contributed by atoms with Crippen molar-refractivity contribution in [3.05, 3.63) is 0 Å². The molecule has 0 spiro atoms. The molecule has 1 aliphatic rings. The summed E-state index contributed by atoms with van der Waals surface area (Å²) in [6.45, 7) is -2.61. The summed E-state index contributed by atoms with van der Waals surface area (Å²) in [5, 5.41) is 0. The molecule has 1 amide bonds. The van der Waals surface area contributed by atoms with Crippen molar-refractivity contribution >= 4 is 12.9 Å². The third-order valence-electron chi connectivity index (χ3n) is 2.42. The highest BCUT2D eigenvalue weighted by molar-refractivity contribution is 6.58. The van der Waals surface area contributed by atoms with E-state index in [0.29, 0.717) is 6.42 Å². The molecule has 1 heterocycles. The molecule has 0 aliphatic carbocycles. The Kier molecular flexibility index (Phi) is 3.45. The molecule has 0 aromatic heterocycles. The first-order valence-electron chi connectivity index (χ1n) is 4.91. The number of rotatable bonds is 4. The smallest absolute Gasteiger partial charge is 0.448 e. The summed E-state index contributed by atoms with van der Waals surface area (Å²) >= 11 is 0. The van der Waals surface area contributed by atoms with Gasteiger partial charge in [0, 0.05) is 13.0 Å². The van der Waals surface area contributed by atoms with Crippen LogP contribution in [0.25, 0.3) is 0 Å². The van der Waals surface area contributed by atoms with Gasteiger partial charge in [0.05, 0.1) is 0 Å². The van der Waals surface area contributed by atoms with Gasteiger partial charge in [0.1, 0.15) is 0 Å². The van der Waals surface area contributed by atoms with Crippen LogP contribution in [0.15, 0.2) is 0 Å². The van der Waals surface area contributed by atoms with Gasteiger partial charge in [0.15, 0.2) is 0 Å². The summed E-state index contributed by atoms with van der Waals surface area (Å²) < 4.78 is 36.2. The zero-order valence-corrected chi connectivity index (χ0v) is 8.18. The van der Waals surface area contributed by atoms with Crippen LogP contribution in [0.4, 0.5) is 12.9 Å². The van der Waals surface area contributed by atoms with E-state index in [0.717, 1.165) is 17.7 Å². The Bertz CT molecular complexity index is 219. The fourth-order valence-corrected chi connectivity index (χ4v) is 1.88. The standard InChI is InChI=1S/C8H14BF3NO/c1-2-3-7-4-8(14)13(5-7)6-9(10,11)12/h7H,2-6H2,1H3/q-1. The topological polar surface area (TPSA) is 20.3 Å². The molecule has 0 bridgehead atoms. The maximum absolute atomic E-state index is 12.1. The van der Waals surface area contributed by atoms with Gasteiger partial charge >= 0.3 is 6.98 Å². The molecule has 0 saturated carbocycles. The van der Waals surface area contributed by atoms with Crippen LogP contribution in [0.2, 0.25) is 0 Å². The van der Waals surface area contributed by atoms with Gasteiger partial charge in [-0.25, -0.2) is 0 Å². The molecule has 0 aromatic carbocycles. The average Bonchev–Trinajstić information content (AvgIpc) is 2.29. The van der Waals surface area contributed by atoms with Crippen LogP contribution < -0.4 is 0 Å². The second kappa shape index (κ2) is 4.23. The lowest BCUT2D eigenvalue weighted by atomic mass is 9.91. The lowest BCUT2D eigenvalue weighted by Crippen LogP contribution is -2.38. The summed E-state index contributed by atoms with van der Waals surface area (Å²) in [4.78, 5) is 12.1. The minimum Gasteiger partial charge on any atom is -0.448 e. The highest BCUT2D eigenvalue weighted by Gasteiger charge is 2.34. The number of halogens is 3. The van der Waals surface area contributed by atoms with Crippen molar-refractivity contribution in [1.29, 1.82) is 0 Å². The zero-order chi connectivity index (χ0) is 10.8. The Morgan fingerprint density at radius 3 is 2.64 bits per heavy atom. The Morgan fingerprint density at radius 2 is 2.14 bits per heavy atom. The second-order valence-corrected chi connectivity index (χ2v) is 3.87. The maximum atomic E-state index is 12.1. The van der Waals surface area contributed by atoms with Crippen molar-refractivity contribution in [2.24, 2.45) is 5.92 Å². The first-order chi connectivity index (χ1) is 6.42. The van der Waals surface area contributed by atoms with E-state index in [1.54, 1.807) is 0 Å². The number of amides is 1. The molecule has 1 atom stereocenters. The Morgan fingerprint density at radius 1 is 1.50 bits per heavy atom. The van der Waals surface area contributed by atoms with E-state index in [-0.39, 0.29) is 18.4 Å². The first kappa shape index (κ1) is 11.4. The highest BCUT2D eigenvalue weighted by Crippen LogP contribution is 2.24. The summed E-state index contributed by atoms with van der Waals surface area (Å²) in [6.07, 6.45) is 1.02. The predicted molar refractivity (Wildman–Crippen MR) is 48.7 cm³/mol. The molecule has 1 aliphatic heterocycles. The number of hydrogen-bond acceptors (Lipinski definition) is 1. The van der Waals surface area contributed by atoms with Gasteiger partial charge in [-0.05, 0) is 18.8 Å². The Balaban J connectivity index is 2.45. The molecule has 6 heteroatoms. The van der Waals surface area contributed by atoms with Crippen molar-refractivity contribution in [2.45, 2.75) is 26.2 Å². The van der Waals surface area contributed by atoms with E-state index in [4.69, 9.17) is 0 Å². The molecular formula is C8H14BF3NO-. The predicted octanol–water partition coefficient (Wildman–Crippen LogP) is 2.02. The van der Waals surface area contributed by atoms with Crippen LogP contribution >= 0.6 is 0 Å². The number of carbonyl (C=O) groups excluding carboxylic acids is 1. The van der Waals surface area contributed by atoms with E-state index in [9.17, 15) is 17.7 Å². The van der Waals surface area contributed by atoms with Gasteiger partial charge < -0.3 is 17.8 Å². The molecule has 1 saturated heterocycles. The quantitative estimate of drug-likeness (QED) is 0.647. The second-order valence-electron chi connectivity index (χ2n) is 3.87. The lowest BCUT2D eigenvalue weighted by molar-refractivity contribution is -0.127. The van der Waals surface area contributed by atoms with Crippen LogP contribution in [0.1, 0.15) is 26.2 Å². The Hall–Kier alpha value is -0.675. The molecule has 0 aromatic rings. The van der Waals surface area contributed by atoms with Crippen LogP contribution in [0, 0.1) is 5.92 Å². The molecule has 82 valence electrons. The number of likely N-dealkylation sites (tertiary alicyclic amines) is 1. The van der Waals surface area contributed by atoms with Crippen LogP contribution in [-0.2, 0) is 4.79 Å². The molecule has 1 unspecified atom stereocenters. The van der Waals surface area contributed by atoms with Crippen molar-refractivity contribution in [3.8, 4) is 0 Å². The third-order valence-corrected chi connectivity index (χ3v) is 2.42. The first-order valence-corrected chi connectivity index (χ1v) is 4.91. The Labute approximate surface area is 81.5 Å². The van der Waals surface area contributed by atoms with E-state index in [1.807, 2.05) is 6.92 Å². The van der Waals surface area contributed by atoms with Crippen LogP contribution in [0.3, 0.4) is 0 Å². The number of carbonyl (C=O) groups is 1. The SMILES string of the molecule is CCCC1CC(=O)N(C[B-](F)(F)F)C1.